The van der Waals surface area contributed by atoms with Crippen LogP contribution in [0.3, 0.4) is 0 Å². The summed E-state index contributed by atoms with van der Waals surface area (Å²) in [6.45, 7) is 2.62. The molecule has 0 aliphatic rings. The van der Waals surface area contributed by atoms with Crippen LogP contribution >= 0.6 is 0 Å². The Kier molecular flexibility index (Phi) is 5.94. The number of sulfonamides is 1. The molecule has 0 unspecified atom stereocenters. The van der Waals surface area contributed by atoms with Gasteiger partial charge in [0, 0.05) is 12.1 Å². The maximum absolute atomic E-state index is 12.1. The van der Waals surface area contributed by atoms with Crippen molar-refractivity contribution < 1.29 is 17.9 Å². The van der Waals surface area contributed by atoms with Gasteiger partial charge >= 0.3 is 0 Å². The molecule has 0 atom stereocenters. The molecule has 2 aromatic carbocycles. The highest BCUT2D eigenvalue weighted by Gasteiger charge is 2.13. The number of carbonyl (C=O) groups excluding carboxylic acids is 1. The normalized spacial score (nSPS) is 11.2. The molecule has 7 heteroatoms. The molecule has 0 saturated heterocycles. The fourth-order valence-corrected chi connectivity index (χ4v) is 3.14. The first-order valence-electron chi connectivity index (χ1n) is 7.48. The zero-order valence-corrected chi connectivity index (χ0v) is 14.2. The fraction of sp³-hybridized carbons (Fsp3) is 0.235. The monoisotopic (exact) mass is 348 g/mol. The Morgan fingerprint density at radius 1 is 1.12 bits per heavy atom. The lowest BCUT2D eigenvalue weighted by atomic mass is 10.2. The first-order valence-corrected chi connectivity index (χ1v) is 8.96. The number of benzene rings is 2. The van der Waals surface area contributed by atoms with Gasteiger partial charge in [0.1, 0.15) is 5.75 Å². The topological polar surface area (TPSA) is 98.5 Å². The number of hydrogen-bond acceptors (Lipinski definition) is 4. The van der Waals surface area contributed by atoms with Crippen molar-refractivity contribution in [2.24, 2.45) is 5.73 Å². The van der Waals surface area contributed by atoms with E-state index >= 15 is 0 Å². The summed E-state index contributed by atoms with van der Waals surface area (Å²) in [6, 6.07) is 13.1. The third-order valence-electron chi connectivity index (χ3n) is 3.41. The number of amides is 1. The van der Waals surface area contributed by atoms with Crippen LogP contribution in [0.2, 0.25) is 0 Å². The summed E-state index contributed by atoms with van der Waals surface area (Å²) in [6.07, 6.45) is 0.535. The maximum atomic E-state index is 12.1. The molecular formula is C17H20N2O4S. The molecule has 0 aliphatic carbocycles. The van der Waals surface area contributed by atoms with Gasteiger partial charge in [0.2, 0.25) is 15.9 Å². The van der Waals surface area contributed by atoms with Crippen LogP contribution in [0.25, 0.3) is 0 Å². The minimum Gasteiger partial charge on any atom is -0.493 e. The van der Waals surface area contributed by atoms with Gasteiger partial charge in [-0.2, -0.15) is 0 Å². The second-order valence-corrected chi connectivity index (χ2v) is 7.02. The van der Waals surface area contributed by atoms with Crippen molar-refractivity contribution in [3.8, 4) is 5.75 Å². The Hall–Kier alpha value is -2.38. The lowest BCUT2D eigenvalue weighted by Crippen LogP contribution is -2.26. The summed E-state index contributed by atoms with van der Waals surface area (Å²) in [5, 5.41) is 0. The Morgan fingerprint density at radius 2 is 1.79 bits per heavy atom. The molecule has 0 aliphatic heterocycles. The number of nitrogens with one attached hydrogen (secondary N) is 1. The fourth-order valence-electron chi connectivity index (χ4n) is 2.06. The SMILES string of the molecule is Cc1ccccc1OCCCNS(=O)(=O)c1ccc(C(N)=O)cc1. The smallest absolute Gasteiger partial charge is 0.248 e. The molecule has 0 heterocycles. The zero-order valence-electron chi connectivity index (χ0n) is 13.4. The maximum Gasteiger partial charge on any atom is 0.248 e. The third kappa shape index (κ3) is 4.81. The zero-order chi connectivity index (χ0) is 17.6. The van der Waals surface area contributed by atoms with Crippen molar-refractivity contribution in [1.29, 1.82) is 0 Å². The molecule has 128 valence electrons. The molecule has 3 N–H and O–H groups in total. The molecular weight excluding hydrogens is 328 g/mol. The summed E-state index contributed by atoms with van der Waals surface area (Å²) in [5.41, 5.74) is 6.43. The van der Waals surface area contributed by atoms with E-state index < -0.39 is 15.9 Å². The highest BCUT2D eigenvalue weighted by atomic mass is 32.2. The van der Waals surface area contributed by atoms with Gasteiger partial charge in [-0.1, -0.05) is 18.2 Å². The second kappa shape index (κ2) is 7.94. The summed E-state index contributed by atoms with van der Waals surface area (Å²) in [5.74, 6) is 0.197. The predicted octanol–water partition coefficient (Wildman–Crippen LogP) is 1.84. The van der Waals surface area contributed by atoms with Crippen LogP contribution < -0.4 is 15.2 Å². The minimum absolute atomic E-state index is 0.0901. The molecule has 1 amide bonds. The van der Waals surface area contributed by atoms with E-state index in [4.69, 9.17) is 10.5 Å². The van der Waals surface area contributed by atoms with E-state index in [0.29, 0.717) is 13.0 Å². The Bertz CT molecular complexity index is 802. The average Bonchev–Trinajstić information content (AvgIpc) is 2.56. The number of nitrogens with two attached hydrogens (primary N) is 1. The molecule has 0 bridgehead atoms. The molecule has 0 aromatic heterocycles. The van der Waals surface area contributed by atoms with Gasteiger partial charge in [0.25, 0.3) is 0 Å². The van der Waals surface area contributed by atoms with E-state index in [1.54, 1.807) is 0 Å². The average molecular weight is 348 g/mol. The van der Waals surface area contributed by atoms with Gasteiger partial charge in [0.15, 0.2) is 0 Å². The Morgan fingerprint density at radius 3 is 2.42 bits per heavy atom. The van der Waals surface area contributed by atoms with Crippen LogP contribution in [-0.4, -0.2) is 27.5 Å². The van der Waals surface area contributed by atoms with Crippen LogP contribution in [0, 0.1) is 6.92 Å². The first kappa shape index (κ1) is 18.0. The third-order valence-corrected chi connectivity index (χ3v) is 4.89. The van der Waals surface area contributed by atoms with Gasteiger partial charge in [-0.05, 0) is 49.2 Å². The molecule has 0 fully saturated rings. The summed E-state index contributed by atoms with van der Waals surface area (Å²) in [4.78, 5) is 11.1. The van der Waals surface area contributed by atoms with Crippen molar-refractivity contribution in [2.45, 2.75) is 18.2 Å². The Labute approximate surface area is 141 Å². The molecule has 0 saturated carbocycles. The van der Waals surface area contributed by atoms with Gasteiger partial charge in [-0.15, -0.1) is 0 Å². The second-order valence-electron chi connectivity index (χ2n) is 5.25. The molecule has 0 spiro atoms. The van der Waals surface area contributed by atoms with Crippen LogP contribution in [0.15, 0.2) is 53.4 Å². The predicted molar refractivity (Wildman–Crippen MR) is 91.4 cm³/mol. The summed E-state index contributed by atoms with van der Waals surface area (Å²) >= 11 is 0. The van der Waals surface area contributed by atoms with Crippen LogP contribution in [-0.2, 0) is 10.0 Å². The molecule has 2 rings (SSSR count). The number of primary amides is 1. The van der Waals surface area contributed by atoms with Gasteiger partial charge < -0.3 is 10.5 Å². The van der Waals surface area contributed by atoms with Crippen LogP contribution in [0.1, 0.15) is 22.3 Å². The quantitative estimate of drug-likeness (QED) is 0.711. The summed E-state index contributed by atoms with van der Waals surface area (Å²) in [7, 11) is -3.61. The number of aryl methyl sites for hydroxylation is 1. The van der Waals surface area contributed by atoms with Gasteiger partial charge in [-0.25, -0.2) is 13.1 Å². The standard InChI is InChI=1S/C17H20N2O4S/c1-13-5-2-3-6-16(13)23-12-4-11-19-24(21,22)15-9-7-14(8-10-15)17(18)20/h2-3,5-10,19H,4,11-12H2,1H3,(H2,18,20). The minimum atomic E-state index is -3.61. The Balaban J connectivity index is 1.82. The molecule has 2 aromatic rings. The number of carbonyl (C=O) groups is 1. The van der Waals surface area contributed by atoms with Crippen LogP contribution in [0.5, 0.6) is 5.75 Å². The number of hydrogen-bond donors (Lipinski definition) is 2. The van der Waals surface area contributed by atoms with Crippen molar-refractivity contribution in [2.75, 3.05) is 13.2 Å². The first-order chi connectivity index (χ1) is 11.4. The number of para-hydroxylation sites is 1. The largest absolute Gasteiger partial charge is 0.493 e. The summed E-state index contributed by atoms with van der Waals surface area (Å²) < 4.78 is 32.4. The van der Waals surface area contributed by atoms with E-state index in [9.17, 15) is 13.2 Å². The van der Waals surface area contributed by atoms with E-state index in [0.717, 1.165) is 11.3 Å². The van der Waals surface area contributed by atoms with Crippen LogP contribution in [0.4, 0.5) is 0 Å². The number of ether oxygens (including phenoxy) is 1. The lowest BCUT2D eigenvalue weighted by molar-refractivity contribution is 0.1000. The van der Waals surface area contributed by atoms with E-state index in [1.165, 1.54) is 24.3 Å². The molecule has 0 radical (unpaired) electrons. The van der Waals surface area contributed by atoms with Gasteiger partial charge in [0.05, 0.1) is 11.5 Å². The van der Waals surface area contributed by atoms with Crippen molar-refractivity contribution >= 4 is 15.9 Å². The lowest BCUT2D eigenvalue weighted by Gasteiger charge is -2.10. The van der Waals surface area contributed by atoms with Crippen molar-refractivity contribution in [1.82, 2.24) is 4.72 Å². The number of rotatable bonds is 8. The highest BCUT2D eigenvalue weighted by Crippen LogP contribution is 2.16. The molecule has 24 heavy (non-hydrogen) atoms. The van der Waals surface area contributed by atoms with E-state index in [2.05, 4.69) is 4.72 Å². The molecule has 6 nitrogen and oxygen atoms in total. The highest BCUT2D eigenvalue weighted by molar-refractivity contribution is 7.89. The van der Waals surface area contributed by atoms with E-state index in [-0.39, 0.29) is 17.0 Å². The van der Waals surface area contributed by atoms with Crippen molar-refractivity contribution in [3.05, 3.63) is 59.7 Å². The van der Waals surface area contributed by atoms with Gasteiger partial charge in [-0.3, -0.25) is 4.79 Å². The van der Waals surface area contributed by atoms with Crippen molar-refractivity contribution in [3.63, 3.8) is 0 Å². The van der Waals surface area contributed by atoms with E-state index in [1.807, 2.05) is 31.2 Å².